The van der Waals surface area contributed by atoms with Crippen molar-refractivity contribution in [3.8, 4) is 11.4 Å². The van der Waals surface area contributed by atoms with Crippen molar-refractivity contribution in [2.75, 3.05) is 9.80 Å². The molecule has 84 heavy (non-hydrogen) atoms. The van der Waals surface area contributed by atoms with E-state index in [4.69, 9.17) is 8.83 Å². The highest BCUT2D eigenvalue weighted by Crippen LogP contribution is 2.47. The van der Waals surface area contributed by atoms with Crippen molar-refractivity contribution >= 4 is 154 Å². The van der Waals surface area contributed by atoms with Crippen LogP contribution in [0.15, 0.2) is 300 Å². The van der Waals surface area contributed by atoms with Gasteiger partial charge in [0.25, 0.3) is 0 Å². The molecule has 0 N–H and O–H groups in total. The largest absolute Gasteiger partial charge is 0.455 e. The van der Waals surface area contributed by atoms with Crippen molar-refractivity contribution in [2.24, 2.45) is 0 Å². The Bertz CT molecular complexity index is 5330. The molecule has 0 radical (unpaired) electrons. The van der Waals surface area contributed by atoms with E-state index in [1.165, 1.54) is 54.1 Å². The number of hydrogen-bond acceptors (Lipinski definition) is 4. The van der Waals surface area contributed by atoms with Gasteiger partial charge in [-0.3, -0.25) is 0 Å². The van der Waals surface area contributed by atoms with Gasteiger partial charge in [0, 0.05) is 111 Å². The van der Waals surface area contributed by atoms with Crippen molar-refractivity contribution in [3.05, 3.63) is 291 Å². The van der Waals surface area contributed by atoms with E-state index in [0.717, 1.165) is 111 Å². The second-order valence-corrected chi connectivity index (χ2v) is 22.0. The Morgan fingerprint density at radius 2 is 0.560 bits per heavy atom. The van der Waals surface area contributed by atoms with Crippen molar-refractivity contribution in [1.82, 2.24) is 9.13 Å². The molecule has 0 spiro atoms. The molecule has 6 heteroatoms. The number of rotatable bonds is 8. The van der Waals surface area contributed by atoms with Crippen LogP contribution in [0.25, 0.3) is 131 Å². The molecular formula is C78H48N4O2. The Morgan fingerprint density at radius 3 is 0.976 bits per heavy atom. The first-order valence-corrected chi connectivity index (χ1v) is 28.6. The lowest BCUT2D eigenvalue weighted by molar-refractivity contribution is 0.669. The fraction of sp³-hybridized carbons (Fsp3) is 0. The van der Waals surface area contributed by atoms with Gasteiger partial charge in [-0.2, -0.15) is 0 Å². The van der Waals surface area contributed by atoms with Crippen LogP contribution in [0.1, 0.15) is 0 Å². The zero-order valence-corrected chi connectivity index (χ0v) is 45.3. The van der Waals surface area contributed by atoms with Gasteiger partial charge in [-0.25, -0.2) is 0 Å². The number of nitrogens with zero attached hydrogens (tertiary/aromatic N) is 4. The van der Waals surface area contributed by atoms with Crippen LogP contribution in [0, 0.1) is 0 Å². The molecule has 0 fully saturated rings. The van der Waals surface area contributed by atoms with Crippen LogP contribution < -0.4 is 9.80 Å². The zero-order valence-electron chi connectivity index (χ0n) is 45.3. The quantitative estimate of drug-likeness (QED) is 0.152. The maximum absolute atomic E-state index is 7.05. The summed E-state index contributed by atoms with van der Waals surface area (Å²) in [4.78, 5) is 4.68. The topological polar surface area (TPSA) is 42.6 Å². The third kappa shape index (κ3) is 6.92. The number of aromatic nitrogens is 2. The first kappa shape index (κ1) is 46.4. The maximum atomic E-state index is 7.05. The summed E-state index contributed by atoms with van der Waals surface area (Å²) >= 11 is 0. The van der Waals surface area contributed by atoms with Gasteiger partial charge in [0.15, 0.2) is 0 Å². The SMILES string of the molecule is c1ccc(N(c2ccc3c(c2)oc2c3ccc3c2ccc2c4ccc(N(c5ccccc5)c5ccc6c7c8ccccc8ccc7n(-c7ccccc7)c6c5)cc4oc23)c2ccc3c4c5ccccc5ccc4n(-c4ccccc4)c3c2)cc1. The molecule has 0 aliphatic rings. The van der Waals surface area contributed by atoms with Gasteiger partial charge in [0.1, 0.15) is 22.3 Å². The Balaban J connectivity index is 0.763. The second-order valence-electron chi connectivity index (χ2n) is 22.0. The van der Waals surface area contributed by atoms with Gasteiger partial charge in [-0.05, 0) is 155 Å². The first-order chi connectivity index (χ1) is 41.7. The van der Waals surface area contributed by atoms with Gasteiger partial charge < -0.3 is 27.8 Å². The van der Waals surface area contributed by atoms with E-state index in [1.807, 2.05) is 0 Å². The monoisotopic (exact) mass is 1070 g/mol. The molecule has 0 saturated heterocycles. The van der Waals surface area contributed by atoms with E-state index >= 15 is 0 Å². The van der Waals surface area contributed by atoms with Gasteiger partial charge in [-0.15, -0.1) is 0 Å². The molecule has 18 aromatic rings. The molecule has 6 nitrogen and oxygen atoms in total. The highest BCUT2D eigenvalue weighted by Gasteiger charge is 2.24. The highest BCUT2D eigenvalue weighted by molar-refractivity contribution is 6.25. The molecule has 0 amide bonds. The summed E-state index contributed by atoms with van der Waals surface area (Å²) in [5.74, 6) is 0. The highest BCUT2D eigenvalue weighted by atomic mass is 16.3. The number of furan rings is 2. The van der Waals surface area contributed by atoms with Crippen molar-refractivity contribution in [3.63, 3.8) is 0 Å². The van der Waals surface area contributed by atoms with Gasteiger partial charge in [0.2, 0.25) is 0 Å². The average Bonchev–Trinajstić information content (AvgIpc) is 3.68. The van der Waals surface area contributed by atoms with Crippen LogP contribution in [0.4, 0.5) is 34.1 Å². The number of fused-ring (bicyclic) bond motifs is 19. The van der Waals surface area contributed by atoms with Crippen LogP contribution in [-0.4, -0.2) is 9.13 Å². The molecule has 4 aromatic heterocycles. The van der Waals surface area contributed by atoms with Crippen LogP contribution >= 0.6 is 0 Å². The third-order valence-corrected chi connectivity index (χ3v) is 17.4. The molecular weight excluding hydrogens is 1020 g/mol. The van der Waals surface area contributed by atoms with E-state index in [9.17, 15) is 0 Å². The van der Waals surface area contributed by atoms with Crippen LogP contribution in [-0.2, 0) is 0 Å². The van der Waals surface area contributed by atoms with E-state index in [1.54, 1.807) is 0 Å². The molecule has 0 atom stereocenters. The third-order valence-electron chi connectivity index (χ3n) is 17.4. The van der Waals surface area contributed by atoms with Gasteiger partial charge in [-0.1, -0.05) is 146 Å². The van der Waals surface area contributed by atoms with Crippen molar-refractivity contribution in [2.45, 2.75) is 0 Å². The molecule has 0 unspecified atom stereocenters. The second kappa shape index (κ2) is 18.1. The van der Waals surface area contributed by atoms with Crippen LogP contribution in [0.3, 0.4) is 0 Å². The summed E-state index contributed by atoms with van der Waals surface area (Å²) in [6.07, 6.45) is 0. The molecule has 392 valence electrons. The molecule has 0 aliphatic carbocycles. The van der Waals surface area contributed by atoms with Crippen LogP contribution in [0.5, 0.6) is 0 Å². The van der Waals surface area contributed by atoms with Gasteiger partial charge >= 0.3 is 0 Å². The molecule has 18 rings (SSSR count). The fourth-order valence-electron chi connectivity index (χ4n) is 13.7. The lowest BCUT2D eigenvalue weighted by Gasteiger charge is -2.25. The first-order valence-electron chi connectivity index (χ1n) is 28.6. The molecule has 0 aliphatic heterocycles. The summed E-state index contributed by atoms with van der Waals surface area (Å²) in [5, 5.41) is 16.1. The summed E-state index contributed by atoms with van der Waals surface area (Å²) < 4.78 is 18.9. The van der Waals surface area contributed by atoms with E-state index in [0.29, 0.717) is 0 Å². The number of anilines is 6. The van der Waals surface area contributed by atoms with E-state index in [2.05, 4.69) is 310 Å². The van der Waals surface area contributed by atoms with Gasteiger partial charge in [0.05, 0.1) is 22.1 Å². The minimum absolute atomic E-state index is 0.813. The maximum Gasteiger partial charge on any atom is 0.143 e. The fourth-order valence-corrected chi connectivity index (χ4v) is 13.7. The molecule has 0 bridgehead atoms. The summed E-state index contributed by atoms with van der Waals surface area (Å²) in [6.45, 7) is 0. The Labute approximate surface area is 481 Å². The molecule has 14 aromatic carbocycles. The van der Waals surface area contributed by atoms with Crippen LogP contribution in [0.2, 0.25) is 0 Å². The molecule has 4 heterocycles. The average molecular weight is 1070 g/mol. The predicted octanol–water partition coefficient (Wildman–Crippen LogP) is 22.1. The van der Waals surface area contributed by atoms with E-state index in [-0.39, 0.29) is 0 Å². The normalized spacial score (nSPS) is 12.0. The Hall–Kier alpha value is -11.3. The van der Waals surface area contributed by atoms with Crippen molar-refractivity contribution in [1.29, 1.82) is 0 Å². The zero-order chi connectivity index (χ0) is 55.0. The summed E-state index contributed by atoms with van der Waals surface area (Å²) in [7, 11) is 0. The predicted molar refractivity (Wildman–Crippen MR) is 352 cm³/mol. The minimum atomic E-state index is 0.813. The Kier molecular flexibility index (Phi) is 9.99. The summed E-state index contributed by atoms with van der Waals surface area (Å²) in [5.41, 5.74) is 16.3. The van der Waals surface area contributed by atoms with E-state index < -0.39 is 0 Å². The molecule has 0 saturated carbocycles. The number of hydrogen-bond donors (Lipinski definition) is 0. The minimum Gasteiger partial charge on any atom is -0.455 e. The van der Waals surface area contributed by atoms with Crippen molar-refractivity contribution < 1.29 is 8.83 Å². The number of para-hydroxylation sites is 4. The smallest absolute Gasteiger partial charge is 0.143 e. The lowest BCUT2D eigenvalue weighted by Crippen LogP contribution is -2.09. The lowest BCUT2D eigenvalue weighted by atomic mass is 10.0. The number of benzene rings is 14. The standard InChI is InChI=1S/C78H48N4O2/c1-5-19-51(20-6-1)79(55-33-37-67-71(45-55)81(53-23-9-3-10-24-53)69-43-29-49-17-13-15-27-59(49)75(67)69)57-31-35-61-63-39-41-66-65(77(63)83-73(61)47-57)42-40-64-62-36-32-58(48-74(62)84-78(64)66)80(52-21-7-2-8-22-52)56-34-38-68-72(46-56)82(54-25-11-4-12-26-54)70-44-30-50-18-14-16-28-60(50)76(68)70/h1-48H. The Morgan fingerprint density at radius 1 is 0.226 bits per heavy atom. The summed E-state index contributed by atoms with van der Waals surface area (Å²) in [6, 6.07) is 105.